The monoisotopic (exact) mass is 240 g/mol. The molecule has 1 rings (SSSR count). The van der Waals surface area contributed by atoms with Crippen molar-refractivity contribution in [1.82, 2.24) is 0 Å². The van der Waals surface area contributed by atoms with E-state index in [0.717, 1.165) is 0 Å². The maximum absolute atomic E-state index is 12.3. The van der Waals surface area contributed by atoms with Crippen molar-refractivity contribution in [3.63, 3.8) is 0 Å². The predicted octanol–water partition coefficient (Wildman–Crippen LogP) is 3.98. The summed E-state index contributed by atoms with van der Waals surface area (Å²) in [5.74, 6) is 0. The van der Waals surface area contributed by atoms with E-state index in [1.165, 1.54) is 0 Å². The molecule has 16 heavy (non-hydrogen) atoms. The fraction of sp³-hybridized carbons (Fsp3) is 0.300. The molecule has 0 unspecified atom stereocenters. The van der Waals surface area contributed by atoms with Crippen molar-refractivity contribution in [3.8, 4) is 0 Å². The molecular weight excluding hydrogens is 234 g/mol. The van der Waals surface area contributed by atoms with Crippen LogP contribution >= 0.6 is 0 Å². The topological polar surface area (TPSA) is 0 Å². The lowest BCUT2D eigenvalue weighted by atomic mass is 10.0. The maximum Gasteiger partial charge on any atom is 0.416 e. The molecule has 0 heterocycles. The van der Waals surface area contributed by atoms with E-state index >= 15 is 0 Å². The molecule has 0 saturated heterocycles. The highest BCUT2D eigenvalue weighted by Crippen LogP contribution is 2.36. The third kappa shape index (κ3) is 2.90. The molecule has 1 aromatic carbocycles. The van der Waals surface area contributed by atoms with Crippen LogP contribution in [0.15, 0.2) is 18.2 Å². The Morgan fingerprint density at radius 2 is 1.19 bits per heavy atom. The highest BCUT2D eigenvalue weighted by Gasteiger charge is 2.36. The number of hydrogen-bond donors (Lipinski definition) is 0. The zero-order chi connectivity index (χ0) is 12.6. The molecule has 0 aromatic heterocycles. The molecule has 0 atom stereocenters. The largest absolute Gasteiger partial charge is 0.416 e. The second-order valence-electron chi connectivity index (χ2n) is 3.12. The van der Waals surface area contributed by atoms with Gasteiger partial charge in [0.15, 0.2) is 0 Å². The SMILES string of the molecule is [CH]Cc1cc(C(F)(F)F)cc(C(F)(F)F)c1. The zero-order valence-corrected chi connectivity index (χ0v) is 7.78. The van der Waals surface area contributed by atoms with Crippen LogP contribution in [0.3, 0.4) is 0 Å². The molecule has 0 fully saturated rings. The van der Waals surface area contributed by atoms with E-state index in [2.05, 4.69) is 0 Å². The smallest absolute Gasteiger partial charge is 0.166 e. The molecular formula is C10H6F6. The Morgan fingerprint density at radius 3 is 1.44 bits per heavy atom. The quantitative estimate of drug-likeness (QED) is 0.651. The first-order valence-electron chi connectivity index (χ1n) is 4.13. The fourth-order valence-corrected chi connectivity index (χ4v) is 1.14. The summed E-state index contributed by atoms with van der Waals surface area (Å²) in [6.45, 7) is 5.04. The van der Waals surface area contributed by atoms with Crippen LogP contribution in [0.1, 0.15) is 16.7 Å². The molecule has 0 saturated carbocycles. The van der Waals surface area contributed by atoms with E-state index in [4.69, 9.17) is 6.92 Å². The van der Waals surface area contributed by atoms with E-state index in [0.29, 0.717) is 12.1 Å². The van der Waals surface area contributed by atoms with Gasteiger partial charge in [-0.05, 0) is 37.1 Å². The molecule has 2 radical (unpaired) electrons. The fourth-order valence-electron chi connectivity index (χ4n) is 1.14. The molecule has 0 N–H and O–H groups in total. The summed E-state index contributed by atoms with van der Waals surface area (Å²) < 4.78 is 73.6. The summed E-state index contributed by atoms with van der Waals surface area (Å²) >= 11 is 0. The van der Waals surface area contributed by atoms with Gasteiger partial charge in [0.05, 0.1) is 11.1 Å². The minimum atomic E-state index is -4.81. The minimum Gasteiger partial charge on any atom is -0.166 e. The van der Waals surface area contributed by atoms with Gasteiger partial charge in [-0.15, -0.1) is 0 Å². The number of benzene rings is 1. The second-order valence-corrected chi connectivity index (χ2v) is 3.12. The molecule has 0 aliphatic carbocycles. The summed E-state index contributed by atoms with van der Waals surface area (Å²) in [6, 6.07) is 1.28. The predicted molar refractivity (Wildman–Crippen MR) is 44.5 cm³/mol. The molecule has 6 heteroatoms. The molecule has 0 nitrogen and oxygen atoms in total. The van der Waals surface area contributed by atoms with Crippen molar-refractivity contribution in [3.05, 3.63) is 41.8 Å². The molecule has 0 amide bonds. The van der Waals surface area contributed by atoms with E-state index in [9.17, 15) is 26.3 Å². The first-order chi connectivity index (χ1) is 7.14. The summed E-state index contributed by atoms with van der Waals surface area (Å²) in [5, 5.41) is 0. The number of alkyl halides is 6. The second kappa shape index (κ2) is 3.99. The maximum atomic E-state index is 12.3. The van der Waals surface area contributed by atoms with Gasteiger partial charge in [-0.2, -0.15) is 26.3 Å². The molecule has 0 bridgehead atoms. The Balaban J connectivity index is 3.33. The van der Waals surface area contributed by atoms with Gasteiger partial charge in [-0.25, -0.2) is 0 Å². The third-order valence-corrected chi connectivity index (χ3v) is 1.88. The van der Waals surface area contributed by atoms with Crippen LogP contribution in [0.2, 0.25) is 0 Å². The first-order valence-corrected chi connectivity index (χ1v) is 4.13. The van der Waals surface area contributed by atoms with Gasteiger partial charge >= 0.3 is 12.4 Å². The zero-order valence-electron chi connectivity index (χ0n) is 7.78. The van der Waals surface area contributed by atoms with Crippen LogP contribution in [0.5, 0.6) is 0 Å². The van der Waals surface area contributed by atoms with Crippen LogP contribution in [0.25, 0.3) is 0 Å². The first kappa shape index (κ1) is 12.9. The van der Waals surface area contributed by atoms with Crippen molar-refractivity contribution >= 4 is 0 Å². The van der Waals surface area contributed by atoms with Crippen molar-refractivity contribution in [2.75, 3.05) is 0 Å². The van der Waals surface area contributed by atoms with Gasteiger partial charge in [-0.1, -0.05) is 0 Å². The average molecular weight is 240 g/mol. The Hall–Kier alpha value is -1.20. The van der Waals surface area contributed by atoms with E-state index in [1.54, 1.807) is 0 Å². The van der Waals surface area contributed by atoms with Gasteiger partial charge in [0.25, 0.3) is 0 Å². The van der Waals surface area contributed by atoms with Gasteiger partial charge < -0.3 is 0 Å². The average Bonchev–Trinajstić information content (AvgIpc) is 2.14. The minimum absolute atomic E-state index is 0.0686. The lowest BCUT2D eigenvalue weighted by Crippen LogP contribution is -2.11. The van der Waals surface area contributed by atoms with E-state index < -0.39 is 23.5 Å². The van der Waals surface area contributed by atoms with Gasteiger partial charge in [0.1, 0.15) is 0 Å². The molecule has 1 aromatic rings. The van der Waals surface area contributed by atoms with Crippen LogP contribution in [-0.4, -0.2) is 0 Å². The molecule has 0 spiro atoms. The number of halogens is 6. The summed E-state index contributed by atoms with van der Waals surface area (Å²) in [6.07, 6.45) is -10.0. The van der Waals surface area contributed by atoms with Crippen LogP contribution < -0.4 is 0 Å². The lowest BCUT2D eigenvalue weighted by Gasteiger charge is -2.13. The van der Waals surface area contributed by atoms with Crippen molar-refractivity contribution in [2.45, 2.75) is 18.8 Å². The van der Waals surface area contributed by atoms with Gasteiger partial charge in [-0.3, -0.25) is 0 Å². The van der Waals surface area contributed by atoms with Crippen LogP contribution in [0.4, 0.5) is 26.3 Å². The van der Waals surface area contributed by atoms with Crippen molar-refractivity contribution in [2.24, 2.45) is 0 Å². The Bertz CT molecular complexity index is 342. The number of rotatable bonds is 1. The third-order valence-electron chi connectivity index (χ3n) is 1.88. The Labute approximate surface area is 87.9 Å². The molecule has 0 aliphatic heterocycles. The lowest BCUT2D eigenvalue weighted by molar-refractivity contribution is -0.143. The molecule has 88 valence electrons. The van der Waals surface area contributed by atoms with Gasteiger partial charge in [0, 0.05) is 0 Å². The number of hydrogen-bond acceptors (Lipinski definition) is 0. The Kier molecular flexibility index (Phi) is 3.21. The van der Waals surface area contributed by atoms with E-state index in [1.807, 2.05) is 0 Å². The summed E-state index contributed by atoms with van der Waals surface area (Å²) in [7, 11) is 0. The summed E-state index contributed by atoms with van der Waals surface area (Å²) in [4.78, 5) is 0. The van der Waals surface area contributed by atoms with Crippen LogP contribution in [-0.2, 0) is 18.8 Å². The summed E-state index contributed by atoms with van der Waals surface area (Å²) in [5.41, 5.74) is -2.90. The van der Waals surface area contributed by atoms with Crippen molar-refractivity contribution < 1.29 is 26.3 Å². The van der Waals surface area contributed by atoms with Crippen molar-refractivity contribution in [1.29, 1.82) is 0 Å². The molecule has 0 aliphatic rings. The normalized spacial score (nSPS) is 12.9. The Morgan fingerprint density at radius 1 is 0.812 bits per heavy atom. The van der Waals surface area contributed by atoms with Gasteiger partial charge in [0.2, 0.25) is 0 Å². The standard InChI is InChI=1S/C10H6F6/c1-2-6-3-7(9(11,12)13)5-8(4-6)10(14,15)16/h1,3-5H,2H2. The highest BCUT2D eigenvalue weighted by atomic mass is 19.4. The van der Waals surface area contributed by atoms with Crippen LogP contribution in [0, 0.1) is 6.92 Å². The van der Waals surface area contributed by atoms with E-state index in [-0.39, 0.29) is 18.1 Å². The highest BCUT2D eigenvalue weighted by molar-refractivity contribution is 5.33.